The van der Waals surface area contributed by atoms with Crippen molar-refractivity contribution in [2.75, 3.05) is 13.1 Å². The van der Waals surface area contributed by atoms with Gasteiger partial charge >= 0.3 is 5.97 Å². The second-order valence-electron chi connectivity index (χ2n) is 4.94. The number of aliphatic carboxylic acids is 1. The Morgan fingerprint density at radius 2 is 2.06 bits per heavy atom. The van der Waals surface area contributed by atoms with Gasteiger partial charge < -0.3 is 9.52 Å². The number of carboxylic acids is 1. The highest BCUT2D eigenvalue weighted by Gasteiger charge is 2.18. The van der Waals surface area contributed by atoms with Crippen molar-refractivity contribution in [3.05, 3.63) is 11.8 Å². The van der Waals surface area contributed by atoms with E-state index in [1.54, 1.807) is 0 Å². The summed E-state index contributed by atoms with van der Waals surface area (Å²) >= 11 is 0. The molecule has 1 saturated heterocycles. The number of aromatic nitrogens is 2. The molecule has 0 atom stereocenters. The smallest absolute Gasteiger partial charge is 0.303 e. The van der Waals surface area contributed by atoms with Crippen LogP contribution < -0.4 is 0 Å². The number of nitrogens with zero attached hydrogens (tertiary/aromatic N) is 3. The fraction of sp³-hybridized carbons (Fsp3) is 0.750. The summed E-state index contributed by atoms with van der Waals surface area (Å²) in [6.07, 6.45) is 2.75. The molecule has 1 fully saturated rings. The van der Waals surface area contributed by atoms with Crippen molar-refractivity contribution in [3.8, 4) is 0 Å². The van der Waals surface area contributed by atoms with Crippen LogP contribution in [-0.4, -0.2) is 39.3 Å². The van der Waals surface area contributed by atoms with E-state index in [0.717, 1.165) is 19.0 Å². The molecular weight excluding hydrogens is 234 g/mol. The van der Waals surface area contributed by atoms with Crippen LogP contribution in [0.5, 0.6) is 0 Å². The first-order valence-corrected chi connectivity index (χ1v) is 6.39. The zero-order chi connectivity index (χ0) is 13.0. The third-order valence-corrected chi connectivity index (χ3v) is 3.30. The van der Waals surface area contributed by atoms with Gasteiger partial charge in [0.25, 0.3) is 0 Å². The third-order valence-electron chi connectivity index (χ3n) is 3.30. The van der Waals surface area contributed by atoms with Gasteiger partial charge in [0.15, 0.2) is 0 Å². The van der Waals surface area contributed by atoms with Crippen molar-refractivity contribution in [3.63, 3.8) is 0 Å². The summed E-state index contributed by atoms with van der Waals surface area (Å²) < 4.78 is 5.44. The van der Waals surface area contributed by atoms with Gasteiger partial charge in [-0.2, -0.15) is 0 Å². The maximum absolute atomic E-state index is 10.4. The lowest BCUT2D eigenvalue weighted by atomic mass is 9.99. The van der Waals surface area contributed by atoms with Gasteiger partial charge in [0.05, 0.1) is 13.0 Å². The van der Waals surface area contributed by atoms with Gasteiger partial charge in [-0.1, -0.05) is 6.92 Å². The fourth-order valence-electron chi connectivity index (χ4n) is 2.08. The number of aryl methyl sites for hydroxylation is 1. The third kappa shape index (κ3) is 3.80. The quantitative estimate of drug-likeness (QED) is 0.852. The minimum absolute atomic E-state index is 0.0306. The highest BCUT2D eigenvalue weighted by atomic mass is 16.4. The first kappa shape index (κ1) is 13.0. The van der Waals surface area contributed by atoms with Gasteiger partial charge in [-0.15, -0.1) is 10.2 Å². The van der Waals surface area contributed by atoms with Crippen LogP contribution in [0.15, 0.2) is 4.42 Å². The molecule has 1 aliphatic rings. The largest absolute Gasteiger partial charge is 0.481 e. The van der Waals surface area contributed by atoms with E-state index in [1.165, 1.54) is 12.8 Å². The zero-order valence-corrected chi connectivity index (χ0v) is 10.6. The lowest BCUT2D eigenvalue weighted by molar-refractivity contribution is -0.137. The van der Waals surface area contributed by atoms with Crippen molar-refractivity contribution in [2.24, 2.45) is 5.92 Å². The van der Waals surface area contributed by atoms with Crippen molar-refractivity contribution < 1.29 is 14.3 Å². The standard InChI is InChI=1S/C12H19N3O3/c1-9-4-6-15(7-5-9)8-11-14-13-10(18-11)2-3-12(16)17/h9H,2-8H2,1H3,(H,16,17). The summed E-state index contributed by atoms with van der Waals surface area (Å²) in [5, 5.41) is 16.4. The molecule has 0 saturated carbocycles. The minimum Gasteiger partial charge on any atom is -0.481 e. The molecule has 100 valence electrons. The maximum Gasteiger partial charge on any atom is 0.303 e. The molecule has 2 heterocycles. The Hall–Kier alpha value is -1.43. The van der Waals surface area contributed by atoms with Crippen LogP contribution in [0.2, 0.25) is 0 Å². The number of hydrogen-bond acceptors (Lipinski definition) is 5. The van der Waals surface area contributed by atoms with Crippen molar-refractivity contribution in [1.82, 2.24) is 15.1 Å². The SMILES string of the molecule is CC1CCN(Cc2nnc(CCC(=O)O)o2)CC1. The fourth-order valence-corrected chi connectivity index (χ4v) is 2.08. The molecule has 0 amide bonds. The molecule has 1 N–H and O–H groups in total. The molecular formula is C12H19N3O3. The topological polar surface area (TPSA) is 79.5 Å². The molecule has 0 unspecified atom stereocenters. The maximum atomic E-state index is 10.4. The van der Waals surface area contributed by atoms with Crippen molar-refractivity contribution in [1.29, 1.82) is 0 Å². The average molecular weight is 253 g/mol. The number of hydrogen-bond donors (Lipinski definition) is 1. The summed E-state index contributed by atoms with van der Waals surface area (Å²) in [5.41, 5.74) is 0. The van der Waals surface area contributed by atoms with Crippen LogP contribution in [0.25, 0.3) is 0 Å². The lowest BCUT2D eigenvalue weighted by Crippen LogP contribution is -2.32. The van der Waals surface area contributed by atoms with Gasteiger partial charge in [-0.25, -0.2) is 0 Å². The highest BCUT2D eigenvalue weighted by molar-refractivity contribution is 5.66. The van der Waals surface area contributed by atoms with E-state index in [9.17, 15) is 4.79 Å². The van der Waals surface area contributed by atoms with Gasteiger partial charge in [-0.05, 0) is 31.8 Å². The molecule has 0 bridgehead atoms. The van der Waals surface area contributed by atoms with Crippen LogP contribution in [0.1, 0.15) is 38.0 Å². The summed E-state index contributed by atoms with van der Waals surface area (Å²) in [5.74, 6) is 0.956. The molecule has 0 aliphatic carbocycles. The Morgan fingerprint density at radius 3 is 2.72 bits per heavy atom. The van der Waals surface area contributed by atoms with Crippen LogP contribution in [0.3, 0.4) is 0 Å². The van der Waals surface area contributed by atoms with E-state index >= 15 is 0 Å². The first-order chi connectivity index (χ1) is 8.63. The second kappa shape index (κ2) is 5.95. The number of carboxylic acid groups (broad SMARTS) is 1. The molecule has 0 radical (unpaired) electrons. The minimum atomic E-state index is -0.847. The molecule has 1 aromatic heterocycles. The van der Waals surface area contributed by atoms with Crippen LogP contribution in [0.4, 0.5) is 0 Å². The molecule has 1 aliphatic heterocycles. The zero-order valence-electron chi connectivity index (χ0n) is 10.6. The van der Waals surface area contributed by atoms with Gasteiger partial charge in [0.2, 0.25) is 11.8 Å². The molecule has 18 heavy (non-hydrogen) atoms. The molecule has 1 aromatic rings. The van der Waals surface area contributed by atoms with Gasteiger partial charge in [0, 0.05) is 6.42 Å². The molecule has 6 heteroatoms. The summed E-state index contributed by atoms with van der Waals surface area (Å²) in [7, 11) is 0. The van der Waals surface area contributed by atoms with E-state index < -0.39 is 5.97 Å². The number of likely N-dealkylation sites (tertiary alicyclic amines) is 1. The molecule has 6 nitrogen and oxygen atoms in total. The van der Waals surface area contributed by atoms with E-state index in [4.69, 9.17) is 9.52 Å². The average Bonchev–Trinajstić information content (AvgIpc) is 2.77. The van der Waals surface area contributed by atoms with Crippen LogP contribution >= 0.6 is 0 Å². The molecule has 2 rings (SSSR count). The Bertz CT molecular complexity index is 397. The second-order valence-corrected chi connectivity index (χ2v) is 4.94. The van der Waals surface area contributed by atoms with Crippen molar-refractivity contribution >= 4 is 5.97 Å². The summed E-state index contributed by atoms with van der Waals surface area (Å²) in [4.78, 5) is 12.7. The monoisotopic (exact) mass is 253 g/mol. The first-order valence-electron chi connectivity index (χ1n) is 6.39. The molecule has 0 spiro atoms. The van der Waals surface area contributed by atoms with E-state index in [2.05, 4.69) is 22.0 Å². The normalized spacial score (nSPS) is 18.1. The summed E-state index contributed by atoms with van der Waals surface area (Å²) in [6, 6.07) is 0. The van der Waals surface area contributed by atoms with E-state index in [0.29, 0.717) is 24.7 Å². The van der Waals surface area contributed by atoms with E-state index in [1.807, 2.05) is 0 Å². The molecule has 0 aromatic carbocycles. The Morgan fingerprint density at radius 1 is 1.39 bits per heavy atom. The summed E-state index contributed by atoms with van der Waals surface area (Å²) in [6.45, 7) is 5.07. The predicted octanol–water partition coefficient (Wildman–Crippen LogP) is 1.32. The number of carbonyl (C=O) groups is 1. The lowest BCUT2D eigenvalue weighted by Gasteiger charge is -2.28. The van der Waals surface area contributed by atoms with E-state index in [-0.39, 0.29) is 6.42 Å². The van der Waals surface area contributed by atoms with Gasteiger partial charge in [-0.3, -0.25) is 9.69 Å². The van der Waals surface area contributed by atoms with Crippen LogP contribution in [-0.2, 0) is 17.8 Å². The Labute approximate surface area is 106 Å². The van der Waals surface area contributed by atoms with Crippen molar-refractivity contribution in [2.45, 2.75) is 39.2 Å². The highest BCUT2D eigenvalue weighted by Crippen LogP contribution is 2.17. The predicted molar refractivity (Wildman–Crippen MR) is 63.9 cm³/mol. The Balaban J connectivity index is 1.81. The number of rotatable bonds is 5. The van der Waals surface area contributed by atoms with Crippen LogP contribution in [0, 0.1) is 5.92 Å². The van der Waals surface area contributed by atoms with Gasteiger partial charge in [0.1, 0.15) is 0 Å². The number of piperidine rings is 1. The Kier molecular flexibility index (Phi) is 4.30.